The molecule has 0 heterocycles. The van der Waals surface area contributed by atoms with Gasteiger partial charge in [-0.05, 0) is 30.9 Å². The summed E-state index contributed by atoms with van der Waals surface area (Å²) in [5.74, 6) is 0.390. The fourth-order valence-electron chi connectivity index (χ4n) is 3.64. The minimum atomic E-state index is -3.71. The van der Waals surface area contributed by atoms with E-state index in [2.05, 4.69) is 13.8 Å². The molecule has 0 aliphatic heterocycles. The first-order valence-electron chi connectivity index (χ1n) is 11.6. The summed E-state index contributed by atoms with van der Waals surface area (Å²) in [7, 11) is -3.71. The highest BCUT2D eigenvalue weighted by Crippen LogP contribution is 2.41. The highest BCUT2D eigenvalue weighted by molar-refractivity contribution is 7.61. The molecule has 0 amide bonds. The van der Waals surface area contributed by atoms with Crippen LogP contribution in [0.2, 0.25) is 0 Å². The Balaban J connectivity index is 2.41. The van der Waals surface area contributed by atoms with Crippen molar-refractivity contribution in [1.29, 1.82) is 0 Å². The molecule has 3 nitrogen and oxygen atoms in total. The number of benzene rings is 1. The molecule has 4 heteroatoms. The standard InChI is InChI=1S/C24H43O3P/c1-3-5-7-9-11-14-18-23(19-15-12-10-8-6-4-2)22-27-28(25,26)24-20-16-13-17-21-24/h13,16-17,20-21,23H,3-12,14-15,18-19,22H2,1-2H3,(H,25,26). The summed E-state index contributed by atoms with van der Waals surface area (Å²) < 4.78 is 18.1. The van der Waals surface area contributed by atoms with E-state index < -0.39 is 7.60 Å². The summed E-state index contributed by atoms with van der Waals surface area (Å²) in [5, 5.41) is 0.396. The van der Waals surface area contributed by atoms with Crippen LogP contribution in [-0.2, 0) is 9.09 Å². The number of unbranched alkanes of at least 4 members (excludes halogenated alkanes) is 10. The van der Waals surface area contributed by atoms with Gasteiger partial charge in [0, 0.05) is 0 Å². The van der Waals surface area contributed by atoms with Gasteiger partial charge in [0.05, 0.1) is 11.9 Å². The molecular formula is C24H43O3P. The molecular weight excluding hydrogens is 367 g/mol. The number of hydrogen-bond acceptors (Lipinski definition) is 2. The van der Waals surface area contributed by atoms with Crippen molar-refractivity contribution in [3.8, 4) is 0 Å². The van der Waals surface area contributed by atoms with Crippen molar-refractivity contribution in [2.75, 3.05) is 6.61 Å². The van der Waals surface area contributed by atoms with E-state index in [9.17, 15) is 9.46 Å². The second-order valence-corrected chi connectivity index (χ2v) is 9.95. The van der Waals surface area contributed by atoms with Gasteiger partial charge in [-0.3, -0.25) is 4.57 Å². The number of hydrogen-bond donors (Lipinski definition) is 1. The normalized spacial score (nSPS) is 13.7. The molecule has 0 saturated heterocycles. The van der Waals surface area contributed by atoms with Crippen LogP contribution in [0, 0.1) is 5.92 Å². The molecule has 0 radical (unpaired) electrons. The van der Waals surface area contributed by atoms with Crippen molar-refractivity contribution in [3.05, 3.63) is 30.3 Å². The van der Waals surface area contributed by atoms with Crippen molar-refractivity contribution >= 4 is 12.9 Å². The molecule has 0 saturated carbocycles. The largest absolute Gasteiger partial charge is 0.358 e. The zero-order valence-corrected chi connectivity index (χ0v) is 19.2. The minimum absolute atomic E-state index is 0.390. The maximum absolute atomic E-state index is 12.5. The average molecular weight is 411 g/mol. The molecule has 1 N–H and O–H groups in total. The van der Waals surface area contributed by atoms with E-state index in [0.29, 0.717) is 17.8 Å². The molecule has 1 unspecified atom stereocenters. The third-order valence-corrected chi connectivity index (χ3v) is 6.95. The van der Waals surface area contributed by atoms with Crippen molar-refractivity contribution in [2.24, 2.45) is 5.92 Å². The van der Waals surface area contributed by atoms with E-state index >= 15 is 0 Å². The van der Waals surface area contributed by atoms with Gasteiger partial charge in [0.15, 0.2) is 0 Å². The van der Waals surface area contributed by atoms with Crippen molar-refractivity contribution in [2.45, 2.75) is 104 Å². The summed E-state index contributed by atoms with van der Waals surface area (Å²) in [4.78, 5) is 10.3. The lowest BCUT2D eigenvalue weighted by atomic mass is 9.95. The molecule has 0 aliphatic rings. The molecule has 162 valence electrons. The Kier molecular flexibility index (Phi) is 14.7. The first kappa shape index (κ1) is 25.4. The molecule has 1 rings (SSSR count). The predicted octanol–water partition coefficient (Wildman–Crippen LogP) is 7.63. The van der Waals surface area contributed by atoms with Crippen LogP contribution in [0.1, 0.15) is 104 Å². The Hall–Kier alpha value is -0.630. The highest BCUT2D eigenvalue weighted by atomic mass is 31.2. The van der Waals surface area contributed by atoms with Crippen molar-refractivity contribution in [3.63, 3.8) is 0 Å². The lowest BCUT2D eigenvalue weighted by Gasteiger charge is -2.20. The van der Waals surface area contributed by atoms with Crippen LogP contribution in [0.25, 0.3) is 0 Å². The van der Waals surface area contributed by atoms with Crippen LogP contribution in [0.15, 0.2) is 30.3 Å². The SMILES string of the molecule is CCCCCCCCC(CCCCCCCC)COP(=O)(O)c1ccccc1. The summed E-state index contributed by atoms with van der Waals surface area (Å²) in [6.07, 6.45) is 17.6. The maximum Gasteiger partial charge on any atom is 0.358 e. The molecule has 1 aromatic rings. The zero-order valence-electron chi connectivity index (χ0n) is 18.3. The van der Waals surface area contributed by atoms with Gasteiger partial charge < -0.3 is 9.42 Å². The quantitative estimate of drug-likeness (QED) is 0.200. The van der Waals surface area contributed by atoms with E-state index in [4.69, 9.17) is 4.52 Å². The third kappa shape index (κ3) is 12.0. The Morgan fingerprint density at radius 1 is 0.786 bits per heavy atom. The smallest absolute Gasteiger partial charge is 0.321 e. The zero-order chi connectivity index (χ0) is 20.5. The highest BCUT2D eigenvalue weighted by Gasteiger charge is 2.24. The van der Waals surface area contributed by atoms with E-state index in [1.54, 1.807) is 24.3 Å². The molecule has 0 aliphatic carbocycles. The maximum atomic E-state index is 12.5. The van der Waals surface area contributed by atoms with Crippen molar-refractivity contribution in [1.82, 2.24) is 0 Å². The summed E-state index contributed by atoms with van der Waals surface area (Å²) in [6, 6.07) is 8.77. The van der Waals surface area contributed by atoms with Crippen LogP contribution in [0.3, 0.4) is 0 Å². The molecule has 0 bridgehead atoms. The van der Waals surface area contributed by atoms with E-state index in [-0.39, 0.29) is 0 Å². The topological polar surface area (TPSA) is 46.5 Å². The molecule has 0 aromatic heterocycles. The van der Waals surface area contributed by atoms with Gasteiger partial charge >= 0.3 is 7.60 Å². The Labute approximate surface area is 173 Å². The van der Waals surface area contributed by atoms with Crippen LogP contribution in [0.4, 0.5) is 0 Å². The second-order valence-electron chi connectivity index (χ2n) is 8.13. The van der Waals surface area contributed by atoms with Gasteiger partial charge in [-0.25, -0.2) is 0 Å². The Bertz CT molecular complexity index is 502. The molecule has 28 heavy (non-hydrogen) atoms. The molecule has 0 spiro atoms. The van der Waals surface area contributed by atoms with Gasteiger partial charge in [0.2, 0.25) is 0 Å². The van der Waals surface area contributed by atoms with Crippen LogP contribution < -0.4 is 5.30 Å². The van der Waals surface area contributed by atoms with Crippen LogP contribution in [0.5, 0.6) is 0 Å². The van der Waals surface area contributed by atoms with Gasteiger partial charge in [-0.2, -0.15) is 0 Å². The fraction of sp³-hybridized carbons (Fsp3) is 0.750. The minimum Gasteiger partial charge on any atom is -0.321 e. The van der Waals surface area contributed by atoms with Crippen LogP contribution in [-0.4, -0.2) is 11.5 Å². The molecule has 0 fully saturated rings. The van der Waals surface area contributed by atoms with E-state index in [0.717, 1.165) is 12.8 Å². The van der Waals surface area contributed by atoms with Gasteiger partial charge in [0.1, 0.15) is 0 Å². The Morgan fingerprint density at radius 2 is 1.25 bits per heavy atom. The van der Waals surface area contributed by atoms with E-state index in [1.165, 1.54) is 77.0 Å². The predicted molar refractivity (Wildman–Crippen MR) is 121 cm³/mol. The summed E-state index contributed by atoms with van der Waals surface area (Å²) >= 11 is 0. The second kappa shape index (κ2) is 16.2. The monoisotopic (exact) mass is 410 g/mol. The Morgan fingerprint density at radius 3 is 1.75 bits per heavy atom. The van der Waals surface area contributed by atoms with Crippen LogP contribution >= 0.6 is 7.60 Å². The van der Waals surface area contributed by atoms with Gasteiger partial charge in [0.25, 0.3) is 0 Å². The molecule has 1 aromatic carbocycles. The van der Waals surface area contributed by atoms with Crippen molar-refractivity contribution < 1.29 is 14.0 Å². The fourth-order valence-corrected chi connectivity index (χ4v) is 4.75. The first-order valence-corrected chi connectivity index (χ1v) is 13.2. The lowest BCUT2D eigenvalue weighted by Crippen LogP contribution is -2.13. The lowest BCUT2D eigenvalue weighted by molar-refractivity contribution is 0.203. The molecule has 1 atom stereocenters. The number of rotatable bonds is 18. The van der Waals surface area contributed by atoms with Gasteiger partial charge in [-0.1, -0.05) is 109 Å². The third-order valence-electron chi connectivity index (χ3n) is 5.50. The average Bonchev–Trinajstić information content (AvgIpc) is 2.71. The first-order chi connectivity index (χ1) is 13.6. The summed E-state index contributed by atoms with van der Waals surface area (Å²) in [5.41, 5.74) is 0. The summed E-state index contributed by atoms with van der Waals surface area (Å²) in [6.45, 7) is 4.88. The van der Waals surface area contributed by atoms with E-state index in [1.807, 2.05) is 6.07 Å². The van der Waals surface area contributed by atoms with Gasteiger partial charge in [-0.15, -0.1) is 0 Å².